The number of carbonyl (C=O) groups excluding carboxylic acids is 2. The Morgan fingerprint density at radius 2 is 1.53 bits per heavy atom. The lowest BCUT2D eigenvalue weighted by atomic mass is 10.0. The predicted octanol–water partition coefficient (Wildman–Crippen LogP) is 6.56. The van der Waals surface area contributed by atoms with Crippen molar-refractivity contribution in [1.29, 1.82) is 0 Å². The summed E-state index contributed by atoms with van der Waals surface area (Å²) in [5.41, 5.74) is 2.93. The summed E-state index contributed by atoms with van der Waals surface area (Å²) in [4.78, 5) is 30.3. The van der Waals surface area contributed by atoms with Gasteiger partial charge in [0, 0.05) is 30.1 Å². The van der Waals surface area contributed by atoms with Crippen molar-refractivity contribution in [2.75, 3.05) is 25.1 Å². The van der Waals surface area contributed by atoms with Crippen molar-refractivity contribution in [3.8, 4) is 11.5 Å². The Morgan fingerprint density at radius 1 is 0.857 bits per heavy atom. The fraction of sp³-hybridized carbons (Fsp3) is 0.316. The van der Waals surface area contributed by atoms with Gasteiger partial charge in [0.25, 0.3) is 10.0 Å². The largest absolute Gasteiger partial charge is 0.493 e. The average Bonchev–Trinajstić information content (AvgIpc) is 3.62. The van der Waals surface area contributed by atoms with Gasteiger partial charge in [0.15, 0.2) is 11.5 Å². The molecule has 5 rings (SSSR count). The molecular formula is C38H42ClN3O6S. The van der Waals surface area contributed by atoms with E-state index in [2.05, 4.69) is 5.32 Å². The number of carbonyl (C=O) groups is 2. The topological polar surface area (TPSA) is 105 Å². The molecule has 0 heterocycles. The molecule has 11 heteroatoms. The smallest absolute Gasteiger partial charge is 0.264 e. The molecule has 0 saturated heterocycles. The number of ether oxygens (including phenoxy) is 2. The van der Waals surface area contributed by atoms with Gasteiger partial charge in [0.1, 0.15) is 12.6 Å². The molecule has 1 aliphatic carbocycles. The van der Waals surface area contributed by atoms with Gasteiger partial charge in [0.05, 0.1) is 24.8 Å². The quantitative estimate of drug-likeness (QED) is 0.160. The van der Waals surface area contributed by atoms with E-state index in [4.69, 9.17) is 21.1 Å². The van der Waals surface area contributed by atoms with E-state index in [1.54, 1.807) is 24.3 Å². The molecular weight excluding hydrogens is 662 g/mol. The van der Waals surface area contributed by atoms with E-state index in [-0.39, 0.29) is 41.2 Å². The van der Waals surface area contributed by atoms with E-state index in [0.29, 0.717) is 10.8 Å². The third-order valence-corrected chi connectivity index (χ3v) is 10.8. The van der Waals surface area contributed by atoms with Gasteiger partial charge in [-0.1, -0.05) is 84.6 Å². The Morgan fingerprint density at radius 3 is 2.18 bits per heavy atom. The van der Waals surface area contributed by atoms with Crippen LogP contribution in [0.3, 0.4) is 0 Å². The Balaban J connectivity index is 1.58. The average molecular weight is 704 g/mol. The molecule has 0 aromatic heterocycles. The first-order valence-corrected chi connectivity index (χ1v) is 18.1. The van der Waals surface area contributed by atoms with Crippen LogP contribution in [0.2, 0.25) is 5.02 Å². The van der Waals surface area contributed by atoms with Crippen LogP contribution in [-0.2, 0) is 32.6 Å². The minimum absolute atomic E-state index is 0.0256. The minimum atomic E-state index is -4.35. The van der Waals surface area contributed by atoms with Crippen LogP contribution in [0.15, 0.2) is 102 Å². The maximum Gasteiger partial charge on any atom is 0.264 e. The highest BCUT2D eigenvalue weighted by Gasteiger charge is 2.36. The normalized spacial score (nSPS) is 13.8. The number of halogens is 1. The summed E-state index contributed by atoms with van der Waals surface area (Å²) in [6.07, 6.45) is 4.07. The number of nitrogens with one attached hydrogen (secondary N) is 1. The zero-order valence-corrected chi connectivity index (χ0v) is 29.5. The second kappa shape index (κ2) is 16.2. The fourth-order valence-corrected chi connectivity index (χ4v) is 7.73. The SMILES string of the molecule is COc1ccc(S(=O)(=O)N(CC(=O)N(Cc2cccc(C)c2)[C@@H](Cc2ccccc2)C(=O)NC2CCCC2)c2ccc(Cl)cc2)cc1OC. The zero-order valence-electron chi connectivity index (χ0n) is 28.0. The Bertz CT molecular complexity index is 1850. The Kier molecular flexibility index (Phi) is 11.9. The first kappa shape index (κ1) is 35.8. The monoisotopic (exact) mass is 703 g/mol. The summed E-state index contributed by atoms with van der Waals surface area (Å²) in [5.74, 6) is -0.226. The van der Waals surface area contributed by atoms with Crippen molar-refractivity contribution in [2.45, 2.75) is 62.6 Å². The summed E-state index contributed by atoms with van der Waals surface area (Å²) in [6, 6.07) is 26.9. The molecule has 0 bridgehead atoms. The highest BCUT2D eigenvalue weighted by atomic mass is 35.5. The molecule has 1 fully saturated rings. The van der Waals surface area contributed by atoms with E-state index in [1.807, 2.05) is 61.5 Å². The lowest BCUT2D eigenvalue weighted by Crippen LogP contribution is -2.54. The van der Waals surface area contributed by atoms with Crippen molar-refractivity contribution in [2.24, 2.45) is 0 Å². The maximum absolute atomic E-state index is 14.7. The number of rotatable bonds is 14. The van der Waals surface area contributed by atoms with Crippen LogP contribution in [0.25, 0.3) is 0 Å². The van der Waals surface area contributed by atoms with Crippen LogP contribution in [-0.4, -0.2) is 58.0 Å². The predicted molar refractivity (Wildman–Crippen MR) is 192 cm³/mol. The molecule has 258 valence electrons. The highest BCUT2D eigenvalue weighted by molar-refractivity contribution is 7.92. The molecule has 1 atom stereocenters. The lowest BCUT2D eigenvalue weighted by Gasteiger charge is -2.34. The van der Waals surface area contributed by atoms with Gasteiger partial charge in [-0.15, -0.1) is 0 Å². The molecule has 9 nitrogen and oxygen atoms in total. The van der Waals surface area contributed by atoms with Crippen molar-refractivity contribution in [3.63, 3.8) is 0 Å². The van der Waals surface area contributed by atoms with Crippen LogP contribution in [0.4, 0.5) is 5.69 Å². The van der Waals surface area contributed by atoms with Crippen molar-refractivity contribution < 1.29 is 27.5 Å². The molecule has 0 spiro atoms. The summed E-state index contributed by atoms with van der Waals surface area (Å²) >= 11 is 6.18. The summed E-state index contributed by atoms with van der Waals surface area (Å²) in [6.45, 7) is 1.48. The Hall–Kier alpha value is -4.54. The van der Waals surface area contributed by atoms with Gasteiger partial charge in [-0.25, -0.2) is 8.42 Å². The van der Waals surface area contributed by atoms with Crippen LogP contribution in [0, 0.1) is 6.92 Å². The van der Waals surface area contributed by atoms with Crippen molar-refractivity contribution >= 4 is 39.1 Å². The lowest BCUT2D eigenvalue weighted by molar-refractivity contribution is -0.140. The van der Waals surface area contributed by atoms with Crippen LogP contribution in [0.1, 0.15) is 42.4 Å². The molecule has 0 radical (unpaired) electrons. The van der Waals surface area contributed by atoms with Gasteiger partial charge < -0.3 is 19.7 Å². The summed E-state index contributed by atoms with van der Waals surface area (Å²) < 4.78 is 40.6. The highest BCUT2D eigenvalue weighted by Crippen LogP contribution is 2.33. The summed E-state index contributed by atoms with van der Waals surface area (Å²) in [5, 5.41) is 3.61. The third-order valence-electron chi connectivity index (χ3n) is 8.74. The number of aryl methyl sites for hydroxylation is 1. The number of hydrogen-bond acceptors (Lipinski definition) is 6. The van der Waals surface area contributed by atoms with Gasteiger partial charge in [-0.2, -0.15) is 0 Å². The van der Waals surface area contributed by atoms with Gasteiger partial charge in [-0.05, 0) is 67.3 Å². The first-order chi connectivity index (χ1) is 23.6. The third kappa shape index (κ3) is 8.93. The molecule has 2 amide bonds. The fourth-order valence-electron chi connectivity index (χ4n) is 6.17. The van der Waals surface area contributed by atoms with Crippen molar-refractivity contribution in [1.82, 2.24) is 10.2 Å². The van der Waals surface area contributed by atoms with Crippen LogP contribution < -0.4 is 19.1 Å². The van der Waals surface area contributed by atoms with Crippen molar-refractivity contribution in [3.05, 3.63) is 119 Å². The molecule has 4 aromatic rings. The number of amides is 2. The number of sulfonamides is 1. The van der Waals surface area contributed by atoms with E-state index in [1.165, 1.54) is 37.3 Å². The molecule has 1 N–H and O–H groups in total. The van der Waals surface area contributed by atoms with Crippen LogP contribution >= 0.6 is 11.6 Å². The number of methoxy groups -OCH3 is 2. The van der Waals surface area contributed by atoms with Gasteiger partial charge >= 0.3 is 0 Å². The number of hydrogen-bond donors (Lipinski definition) is 1. The number of anilines is 1. The molecule has 1 aliphatic rings. The zero-order chi connectivity index (χ0) is 35.0. The second-order valence-electron chi connectivity index (χ2n) is 12.2. The molecule has 4 aromatic carbocycles. The number of nitrogens with zero attached hydrogens (tertiary/aromatic N) is 2. The van der Waals surface area contributed by atoms with E-state index in [0.717, 1.165) is 46.7 Å². The second-order valence-corrected chi connectivity index (χ2v) is 14.5. The molecule has 0 unspecified atom stereocenters. The molecule has 1 saturated carbocycles. The number of benzene rings is 4. The molecule has 49 heavy (non-hydrogen) atoms. The van der Waals surface area contributed by atoms with E-state index in [9.17, 15) is 18.0 Å². The molecule has 0 aliphatic heterocycles. The minimum Gasteiger partial charge on any atom is -0.493 e. The van der Waals surface area contributed by atoms with Gasteiger partial charge in [0.2, 0.25) is 11.8 Å². The summed E-state index contributed by atoms with van der Waals surface area (Å²) in [7, 11) is -1.47. The first-order valence-electron chi connectivity index (χ1n) is 16.3. The van der Waals surface area contributed by atoms with Crippen LogP contribution in [0.5, 0.6) is 11.5 Å². The maximum atomic E-state index is 14.7. The van der Waals surface area contributed by atoms with E-state index >= 15 is 0 Å². The Labute approximate surface area is 293 Å². The van der Waals surface area contributed by atoms with E-state index < -0.39 is 28.5 Å². The van der Waals surface area contributed by atoms with Gasteiger partial charge in [-0.3, -0.25) is 13.9 Å². The standard InChI is InChI=1S/C38H42ClN3O6S/c1-27-10-9-13-29(22-27)25-41(34(23-28-11-5-4-6-12-28)38(44)40-31-14-7-8-15-31)37(43)26-42(32-18-16-30(39)17-19-32)49(45,46)33-20-21-35(47-2)36(24-33)48-3/h4-6,9-13,16-22,24,31,34H,7-8,14-15,23,25-26H2,1-3H3,(H,40,44)/t34-/m0/s1.